The summed E-state index contributed by atoms with van der Waals surface area (Å²) in [5.74, 6) is 1.62. The summed E-state index contributed by atoms with van der Waals surface area (Å²) in [6.45, 7) is 0. The van der Waals surface area contributed by atoms with Gasteiger partial charge in [-0.15, -0.1) is 12.4 Å². The molecule has 0 spiro atoms. The van der Waals surface area contributed by atoms with Crippen LogP contribution >= 0.6 is 35.6 Å². The molecule has 0 atom stereocenters. The molecular formula is C21H22Cl3N3. The number of rotatable bonds is 3. The van der Waals surface area contributed by atoms with Crippen LogP contribution in [0.5, 0.6) is 0 Å². The van der Waals surface area contributed by atoms with Crippen molar-refractivity contribution < 1.29 is 0 Å². The molecule has 1 saturated carbocycles. The molecule has 3 nitrogen and oxygen atoms in total. The van der Waals surface area contributed by atoms with Gasteiger partial charge in [0, 0.05) is 29.1 Å². The normalized spacial score (nSPS) is 14.8. The maximum absolute atomic E-state index is 6.42. The minimum Gasteiger partial charge on any atom is -0.356 e. The van der Waals surface area contributed by atoms with Gasteiger partial charge in [-0.2, -0.15) is 0 Å². The Morgan fingerprint density at radius 2 is 1.70 bits per heavy atom. The summed E-state index contributed by atoms with van der Waals surface area (Å²) < 4.78 is 0. The molecule has 1 aliphatic rings. The summed E-state index contributed by atoms with van der Waals surface area (Å²) in [5, 5.41) is 2.26. The van der Waals surface area contributed by atoms with Gasteiger partial charge in [-0.3, -0.25) is 0 Å². The summed E-state index contributed by atoms with van der Waals surface area (Å²) in [6, 6.07) is 14.1. The van der Waals surface area contributed by atoms with E-state index < -0.39 is 0 Å². The summed E-state index contributed by atoms with van der Waals surface area (Å²) in [7, 11) is 2.15. The Morgan fingerprint density at radius 1 is 0.963 bits per heavy atom. The number of nitrogens with zero attached hydrogens (tertiary/aromatic N) is 3. The van der Waals surface area contributed by atoms with Crippen LogP contribution in [0.15, 0.2) is 42.5 Å². The fourth-order valence-electron chi connectivity index (χ4n) is 3.76. The maximum Gasteiger partial charge on any atom is 0.163 e. The number of hydrogen-bond acceptors (Lipinski definition) is 3. The van der Waals surface area contributed by atoms with Crippen molar-refractivity contribution in [1.29, 1.82) is 0 Å². The highest BCUT2D eigenvalue weighted by Gasteiger charge is 2.22. The van der Waals surface area contributed by atoms with E-state index in [0.717, 1.165) is 22.3 Å². The average Bonchev–Trinajstić information content (AvgIpc) is 2.67. The van der Waals surface area contributed by atoms with Crippen molar-refractivity contribution in [3.05, 3.63) is 52.5 Å². The minimum atomic E-state index is 0. The SMILES string of the molecule is CN(c1nc(-c2ccc(Cl)cc2Cl)nc2ccccc12)C1CCCCC1.Cl. The first kappa shape index (κ1) is 20.2. The number of halogens is 3. The molecular weight excluding hydrogens is 401 g/mol. The Balaban J connectivity index is 0.00000210. The number of benzene rings is 2. The zero-order valence-corrected chi connectivity index (χ0v) is 17.5. The molecule has 4 rings (SSSR count). The van der Waals surface area contributed by atoms with Gasteiger partial charge in [0.1, 0.15) is 5.82 Å². The van der Waals surface area contributed by atoms with E-state index in [-0.39, 0.29) is 12.4 Å². The molecule has 0 amide bonds. The van der Waals surface area contributed by atoms with Gasteiger partial charge >= 0.3 is 0 Å². The van der Waals surface area contributed by atoms with Crippen LogP contribution in [0.2, 0.25) is 10.0 Å². The highest BCUT2D eigenvalue weighted by atomic mass is 35.5. The van der Waals surface area contributed by atoms with Gasteiger partial charge in [-0.1, -0.05) is 54.6 Å². The highest BCUT2D eigenvalue weighted by Crippen LogP contribution is 2.34. The van der Waals surface area contributed by atoms with E-state index in [1.165, 1.54) is 32.1 Å². The minimum absolute atomic E-state index is 0. The summed E-state index contributed by atoms with van der Waals surface area (Å²) in [6.07, 6.45) is 6.33. The lowest BCUT2D eigenvalue weighted by Crippen LogP contribution is -2.34. The van der Waals surface area contributed by atoms with Crippen LogP contribution in [0.4, 0.5) is 5.82 Å². The van der Waals surface area contributed by atoms with Gasteiger partial charge < -0.3 is 4.90 Å². The Kier molecular flexibility index (Phi) is 6.46. The number of anilines is 1. The van der Waals surface area contributed by atoms with Crippen LogP contribution < -0.4 is 4.90 Å². The second-order valence-electron chi connectivity index (χ2n) is 6.91. The largest absolute Gasteiger partial charge is 0.356 e. The first-order valence-corrected chi connectivity index (χ1v) is 9.84. The number of hydrogen-bond donors (Lipinski definition) is 0. The zero-order chi connectivity index (χ0) is 18.1. The van der Waals surface area contributed by atoms with Gasteiger partial charge in [-0.25, -0.2) is 9.97 Å². The van der Waals surface area contributed by atoms with E-state index in [1.807, 2.05) is 30.3 Å². The third-order valence-corrected chi connectivity index (χ3v) is 5.76. The van der Waals surface area contributed by atoms with Crippen molar-refractivity contribution in [2.24, 2.45) is 0 Å². The average molecular weight is 423 g/mol. The quantitative estimate of drug-likeness (QED) is 0.465. The Labute approximate surface area is 176 Å². The molecule has 0 N–H and O–H groups in total. The van der Waals surface area contributed by atoms with Crippen LogP contribution in [-0.4, -0.2) is 23.1 Å². The van der Waals surface area contributed by atoms with Crippen LogP contribution in [0.1, 0.15) is 32.1 Å². The van der Waals surface area contributed by atoms with E-state index in [2.05, 4.69) is 18.0 Å². The topological polar surface area (TPSA) is 29.0 Å². The number of aromatic nitrogens is 2. The molecule has 6 heteroatoms. The number of para-hydroxylation sites is 1. The smallest absolute Gasteiger partial charge is 0.163 e. The van der Waals surface area contributed by atoms with Crippen molar-refractivity contribution in [2.75, 3.05) is 11.9 Å². The molecule has 1 heterocycles. The second-order valence-corrected chi connectivity index (χ2v) is 7.76. The molecule has 0 unspecified atom stereocenters. The summed E-state index contributed by atoms with van der Waals surface area (Å²) >= 11 is 12.5. The van der Waals surface area contributed by atoms with Crippen LogP contribution in [0, 0.1) is 0 Å². The van der Waals surface area contributed by atoms with Crippen molar-refractivity contribution in [3.8, 4) is 11.4 Å². The highest BCUT2D eigenvalue weighted by molar-refractivity contribution is 6.36. The van der Waals surface area contributed by atoms with Gasteiger partial charge in [0.05, 0.1) is 10.5 Å². The summed E-state index contributed by atoms with van der Waals surface area (Å²) in [4.78, 5) is 12.0. The molecule has 0 aliphatic heterocycles. The fourth-order valence-corrected chi connectivity index (χ4v) is 4.25. The predicted octanol–water partition coefficient (Wildman–Crippen LogP) is 6.79. The molecule has 1 fully saturated rings. The Bertz CT molecular complexity index is 939. The van der Waals surface area contributed by atoms with E-state index in [4.69, 9.17) is 33.2 Å². The van der Waals surface area contributed by atoms with Crippen molar-refractivity contribution in [1.82, 2.24) is 9.97 Å². The van der Waals surface area contributed by atoms with Gasteiger partial charge in [-0.05, 0) is 43.2 Å². The lowest BCUT2D eigenvalue weighted by molar-refractivity contribution is 0.426. The van der Waals surface area contributed by atoms with Crippen LogP contribution in [-0.2, 0) is 0 Å². The predicted molar refractivity (Wildman–Crippen MR) is 118 cm³/mol. The fraction of sp³-hybridized carbons (Fsp3) is 0.333. The van der Waals surface area contributed by atoms with Gasteiger partial charge in [0.15, 0.2) is 5.82 Å². The second kappa shape index (κ2) is 8.64. The molecule has 0 radical (unpaired) electrons. The molecule has 0 saturated heterocycles. The van der Waals surface area contributed by atoms with E-state index in [1.54, 1.807) is 6.07 Å². The first-order chi connectivity index (χ1) is 12.6. The van der Waals surface area contributed by atoms with Crippen molar-refractivity contribution >= 4 is 52.3 Å². The Hall–Kier alpha value is -1.55. The van der Waals surface area contributed by atoms with Gasteiger partial charge in [0.2, 0.25) is 0 Å². The standard InChI is InChI=1S/C21H21Cl2N3.ClH/c1-26(15-7-3-2-4-8-15)21-17-9-5-6-10-19(17)24-20(25-21)16-12-11-14(22)13-18(16)23;/h5-6,9-13,15H,2-4,7-8H2,1H3;1H. The third-order valence-electron chi connectivity index (χ3n) is 5.21. The van der Waals surface area contributed by atoms with Crippen LogP contribution in [0.25, 0.3) is 22.3 Å². The zero-order valence-electron chi connectivity index (χ0n) is 15.2. The number of fused-ring (bicyclic) bond motifs is 1. The molecule has 1 aliphatic carbocycles. The van der Waals surface area contributed by atoms with Gasteiger partial charge in [0.25, 0.3) is 0 Å². The summed E-state index contributed by atoms with van der Waals surface area (Å²) in [5.41, 5.74) is 1.74. The molecule has 142 valence electrons. The monoisotopic (exact) mass is 421 g/mol. The Morgan fingerprint density at radius 3 is 2.44 bits per heavy atom. The van der Waals surface area contributed by atoms with E-state index >= 15 is 0 Å². The molecule has 2 aromatic carbocycles. The van der Waals surface area contributed by atoms with E-state index in [0.29, 0.717) is 21.9 Å². The molecule has 27 heavy (non-hydrogen) atoms. The first-order valence-electron chi connectivity index (χ1n) is 9.08. The van der Waals surface area contributed by atoms with Crippen LogP contribution in [0.3, 0.4) is 0 Å². The maximum atomic E-state index is 6.42. The van der Waals surface area contributed by atoms with Crippen molar-refractivity contribution in [2.45, 2.75) is 38.1 Å². The molecule has 1 aromatic heterocycles. The molecule has 0 bridgehead atoms. The molecule has 3 aromatic rings. The van der Waals surface area contributed by atoms with E-state index in [9.17, 15) is 0 Å². The lowest BCUT2D eigenvalue weighted by Gasteiger charge is -2.32. The third kappa shape index (κ3) is 4.16. The van der Waals surface area contributed by atoms with Crippen molar-refractivity contribution in [3.63, 3.8) is 0 Å². The lowest BCUT2D eigenvalue weighted by atomic mass is 9.94.